The molecule has 0 aliphatic heterocycles. The minimum absolute atomic E-state index is 0.0340. The van der Waals surface area contributed by atoms with Gasteiger partial charge in [0.15, 0.2) is 0 Å². The zero-order chi connectivity index (χ0) is 42.8. The molecule has 18 heteroatoms. The second kappa shape index (κ2) is 27.3. The fourth-order valence-electron chi connectivity index (χ4n) is 6.51. The van der Waals surface area contributed by atoms with Gasteiger partial charge in [-0.15, -0.1) is 19.3 Å². The van der Waals surface area contributed by atoms with E-state index >= 15 is 0 Å². The maximum Gasteiger partial charge on any atom is 0.226 e. The molecular weight excluding hydrogens is 775 g/mol. The Morgan fingerprint density at radius 2 is 0.983 bits per heavy atom. The lowest BCUT2D eigenvalue weighted by Gasteiger charge is -2.69. The summed E-state index contributed by atoms with van der Waals surface area (Å²) in [7, 11) is -4.12. The third-order valence-corrected chi connectivity index (χ3v) is 11.6. The van der Waals surface area contributed by atoms with Crippen LogP contribution in [-0.2, 0) is 56.7 Å². The second-order valence-corrected chi connectivity index (χ2v) is 16.9. The van der Waals surface area contributed by atoms with Gasteiger partial charge in [-0.05, 0) is 38.5 Å². The summed E-state index contributed by atoms with van der Waals surface area (Å²) in [4.78, 5) is 65.8. The molecule has 3 aliphatic rings. The number of rotatable bonds is 35. The molecule has 0 aromatic rings. The Morgan fingerprint density at radius 1 is 0.638 bits per heavy atom. The van der Waals surface area contributed by atoms with Crippen LogP contribution in [0.4, 0.5) is 0 Å². The summed E-state index contributed by atoms with van der Waals surface area (Å²) < 4.78 is 50.0. The van der Waals surface area contributed by atoms with Crippen molar-refractivity contribution in [3.63, 3.8) is 0 Å². The highest BCUT2D eigenvalue weighted by Gasteiger charge is 2.73. The molecule has 58 heavy (non-hydrogen) atoms. The lowest BCUT2D eigenvalue weighted by molar-refractivity contribution is -0.274. The van der Waals surface area contributed by atoms with Crippen molar-refractivity contribution in [2.45, 2.75) is 88.4 Å². The van der Waals surface area contributed by atoms with Gasteiger partial charge in [-0.2, -0.15) is 0 Å². The van der Waals surface area contributed by atoms with Crippen molar-refractivity contribution in [1.29, 1.82) is 0 Å². The van der Waals surface area contributed by atoms with E-state index < -0.39 is 29.8 Å². The topological polar surface area (TPSA) is 221 Å². The summed E-state index contributed by atoms with van der Waals surface area (Å²) in [5.41, 5.74) is -3.65. The molecule has 3 rings (SSSR count). The molecule has 0 aromatic heterocycles. The van der Waals surface area contributed by atoms with E-state index in [2.05, 4.69) is 39.0 Å². The van der Waals surface area contributed by atoms with Crippen LogP contribution in [0.15, 0.2) is 0 Å². The first-order chi connectivity index (χ1) is 27.8. The maximum atomic E-state index is 14.1. The van der Waals surface area contributed by atoms with Crippen LogP contribution >= 0.6 is 7.60 Å². The van der Waals surface area contributed by atoms with Crippen molar-refractivity contribution in [2.24, 2.45) is 5.41 Å². The predicted molar refractivity (Wildman–Crippen MR) is 212 cm³/mol. The molecule has 0 saturated heterocycles. The Labute approximate surface area is 343 Å². The highest BCUT2D eigenvalue weighted by Crippen LogP contribution is 2.73. The van der Waals surface area contributed by atoms with Gasteiger partial charge >= 0.3 is 0 Å². The standard InChI is InChI=1S/C40H63N4O13P/c1-6-18-51-24-27-54-21-15-41-34(45)9-12-39(13-10-35(46)42-16-22-55-28-25-52-19-7-2,14-11-36(47)43-17-23-56-29-26-53-20-8-3)44-37(48)38-30-40(31-38,32-38)57-58(49,50)33(4)5/h1-3,33H,9-32H2,4-5H3,(H,41,45)(H,42,46)(H,43,47)(H,44,48)(H,49,50)/p-1. The van der Waals surface area contributed by atoms with E-state index in [4.69, 9.17) is 52.2 Å². The molecule has 326 valence electrons. The van der Waals surface area contributed by atoms with Gasteiger partial charge in [-0.25, -0.2) is 0 Å². The highest BCUT2D eigenvalue weighted by molar-refractivity contribution is 7.52. The summed E-state index contributed by atoms with van der Waals surface area (Å²) in [5, 5.41) is 11.5. The van der Waals surface area contributed by atoms with E-state index in [1.54, 1.807) is 13.8 Å². The van der Waals surface area contributed by atoms with E-state index in [0.29, 0.717) is 39.6 Å². The molecule has 0 aromatic carbocycles. The predicted octanol–water partition coefficient (Wildman–Crippen LogP) is 0.431. The lowest BCUT2D eigenvalue weighted by Crippen LogP contribution is -2.74. The van der Waals surface area contributed by atoms with Gasteiger partial charge in [0.2, 0.25) is 23.6 Å². The Morgan fingerprint density at radius 3 is 1.31 bits per heavy atom. The summed E-state index contributed by atoms with van der Waals surface area (Å²) >= 11 is 0. The van der Waals surface area contributed by atoms with Crippen molar-refractivity contribution in [1.82, 2.24) is 21.3 Å². The normalized spacial score (nSPS) is 19.0. The van der Waals surface area contributed by atoms with Crippen LogP contribution in [0.1, 0.15) is 71.6 Å². The van der Waals surface area contributed by atoms with Crippen molar-refractivity contribution < 1.29 is 61.6 Å². The number of terminal acetylenes is 3. The van der Waals surface area contributed by atoms with Crippen LogP contribution in [0.25, 0.3) is 0 Å². The molecule has 0 spiro atoms. The SMILES string of the molecule is C#CCOCCOCCNC(=O)CCC(CCC(=O)NCCOCCOCC#C)(CCC(=O)NCCOCCOCC#C)NC(=O)C12CC(OP(=O)([O-])C(C)C)(C1)C2. The molecule has 0 radical (unpaired) electrons. The molecule has 3 saturated carbocycles. The summed E-state index contributed by atoms with van der Waals surface area (Å²) in [5.74, 6) is 5.81. The molecule has 1 atom stereocenters. The van der Waals surface area contributed by atoms with Crippen molar-refractivity contribution in [3.8, 4) is 37.0 Å². The quantitative estimate of drug-likeness (QED) is 0.0387. The monoisotopic (exact) mass is 837 g/mol. The number of hydrogen-bond donors (Lipinski definition) is 4. The van der Waals surface area contributed by atoms with Gasteiger partial charge in [0.25, 0.3) is 0 Å². The Balaban J connectivity index is 2.12. The minimum Gasteiger partial charge on any atom is -0.778 e. The Kier molecular flexibility index (Phi) is 23.8. The lowest BCUT2D eigenvalue weighted by atomic mass is 9.41. The molecule has 3 aliphatic carbocycles. The maximum absolute atomic E-state index is 14.1. The first-order valence-electron chi connectivity index (χ1n) is 19.7. The third-order valence-electron chi connectivity index (χ3n) is 9.67. The van der Waals surface area contributed by atoms with E-state index in [1.165, 1.54) is 0 Å². The minimum atomic E-state index is -4.12. The van der Waals surface area contributed by atoms with Crippen LogP contribution in [0, 0.1) is 42.4 Å². The molecule has 4 amide bonds. The van der Waals surface area contributed by atoms with E-state index in [9.17, 15) is 28.6 Å². The number of ether oxygens (including phenoxy) is 6. The van der Waals surface area contributed by atoms with E-state index in [0.717, 1.165) is 0 Å². The highest BCUT2D eigenvalue weighted by atomic mass is 31.2. The fourth-order valence-corrected chi connectivity index (χ4v) is 7.45. The number of hydrogen-bond acceptors (Lipinski definition) is 13. The number of carbonyl (C=O) groups is 4. The summed E-state index contributed by atoms with van der Waals surface area (Å²) in [6.07, 6.45) is 16.4. The molecule has 17 nitrogen and oxygen atoms in total. The third kappa shape index (κ3) is 19.0. The first-order valence-corrected chi connectivity index (χ1v) is 21.3. The average molecular weight is 838 g/mol. The summed E-state index contributed by atoms with van der Waals surface area (Å²) in [6, 6.07) is 0. The van der Waals surface area contributed by atoms with Gasteiger partial charge in [0.05, 0.1) is 70.5 Å². The van der Waals surface area contributed by atoms with Crippen molar-refractivity contribution in [3.05, 3.63) is 0 Å². The van der Waals surface area contributed by atoms with Gasteiger partial charge in [-0.3, -0.25) is 19.2 Å². The second-order valence-electron chi connectivity index (χ2n) is 14.6. The largest absolute Gasteiger partial charge is 0.778 e. The molecule has 3 fully saturated rings. The molecule has 1 unspecified atom stereocenters. The fraction of sp³-hybridized carbons (Fsp3) is 0.750. The Hall–Kier alpha value is -3.53. The number of amides is 4. The molecule has 0 heterocycles. The molecular formula is C40H62N4O13P-. The van der Waals surface area contributed by atoms with Gasteiger partial charge in [-0.1, -0.05) is 31.6 Å². The Bertz CT molecular complexity index is 1340. The number of carbonyl (C=O) groups excluding carboxylic acids is 4. The van der Waals surface area contributed by atoms with Crippen LogP contribution in [0.5, 0.6) is 0 Å². The number of nitrogens with one attached hydrogen (secondary N) is 4. The molecule has 4 N–H and O–H groups in total. The zero-order valence-electron chi connectivity index (χ0n) is 34.0. The van der Waals surface area contributed by atoms with E-state index in [-0.39, 0.29) is 141 Å². The van der Waals surface area contributed by atoms with Crippen molar-refractivity contribution >= 4 is 31.2 Å². The van der Waals surface area contributed by atoms with Crippen LogP contribution in [-0.4, -0.2) is 139 Å². The summed E-state index contributed by atoms with van der Waals surface area (Å²) in [6.45, 7) is 6.81. The van der Waals surface area contributed by atoms with Gasteiger partial charge < -0.3 is 63.7 Å². The van der Waals surface area contributed by atoms with E-state index in [1.807, 2.05) is 0 Å². The average Bonchev–Trinajstić information content (AvgIpc) is 3.16. The van der Waals surface area contributed by atoms with Crippen LogP contribution in [0.3, 0.4) is 0 Å². The smallest absolute Gasteiger partial charge is 0.226 e. The van der Waals surface area contributed by atoms with Gasteiger partial charge in [0.1, 0.15) is 27.4 Å². The zero-order valence-corrected chi connectivity index (χ0v) is 34.9. The van der Waals surface area contributed by atoms with Crippen LogP contribution in [0.2, 0.25) is 0 Å². The first kappa shape index (κ1) is 50.6. The van der Waals surface area contributed by atoms with Crippen molar-refractivity contribution in [2.75, 3.05) is 98.9 Å². The van der Waals surface area contributed by atoms with Crippen LogP contribution < -0.4 is 26.2 Å². The molecule has 2 bridgehead atoms. The van der Waals surface area contributed by atoms with Gasteiger partial charge in [0, 0.05) is 50.1 Å².